The molecular weight excluding hydrogens is 412 g/mol. The van der Waals surface area contributed by atoms with Gasteiger partial charge in [-0.3, -0.25) is 0 Å². The minimum Gasteiger partial charge on any atom is -0.201 e. The molecule has 2 heterocycles. The summed E-state index contributed by atoms with van der Waals surface area (Å²) in [5.41, 5.74) is 0. The standard InChI is InChI=1S/C19H38N4O4S2/c1-15-9-16(2)12-21(11-15)28(24,25)20-7-8-23(19-5-6-19)29(26,27)22-13-17(3)10-18(4)14-22/h15-20H,5-14H2,1-4H3. The maximum absolute atomic E-state index is 13.3. The molecule has 170 valence electrons. The van der Waals surface area contributed by atoms with Crippen molar-refractivity contribution in [2.45, 2.75) is 59.4 Å². The fourth-order valence-electron chi connectivity index (χ4n) is 4.97. The molecule has 0 spiro atoms. The molecule has 2 saturated heterocycles. The summed E-state index contributed by atoms with van der Waals surface area (Å²) in [6, 6.07) is 0.00655. The Hall–Kier alpha value is -0.260. The van der Waals surface area contributed by atoms with Gasteiger partial charge in [-0.05, 0) is 49.4 Å². The van der Waals surface area contributed by atoms with Gasteiger partial charge in [-0.1, -0.05) is 27.7 Å². The zero-order chi connectivity index (χ0) is 21.4. The van der Waals surface area contributed by atoms with E-state index in [2.05, 4.69) is 32.4 Å². The fraction of sp³-hybridized carbons (Fsp3) is 1.00. The van der Waals surface area contributed by atoms with Crippen LogP contribution in [0.4, 0.5) is 0 Å². The predicted molar refractivity (Wildman–Crippen MR) is 115 cm³/mol. The van der Waals surface area contributed by atoms with Gasteiger partial charge >= 0.3 is 0 Å². The van der Waals surface area contributed by atoms with Crippen molar-refractivity contribution >= 4 is 20.4 Å². The number of piperidine rings is 2. The maximum Gasteiger partial charge on any atom is 0.282 e. The van der Waals surface area contributed by atoms with Crippen LogP contribution in [0.3, 0.4) is 0 Å². The molecule has 0 radical (unpaired) electrons. The molecule has 4 atom stereocenters. The number of nitrogens with zero attached hydrogens (tertiary/aromatic N) is 3. The Morgan fingerprint density at radius 3 is 1.69 bits per heavy atom. The first-order valence-corrected chi connectivity index (χ1v) is 13.8. The van der Waals surface area contributed by atoms with E-state index in [1.165, 1.54) is 8.61 Å². The molecule has 10 heteroatoms. The zero-order valence-corrected chi connectivity index (χ0v) is 19.9. The molecule has 0 aromatic rings. The van der Waals surface area contributed by atoms with Crippen molar-refractivity contribution in [2.75, 3.05) is 39.3 Å². The van der Waals surface area contributed by atoms with Crippen LogP contribution in [0.25, 0.3) is 0 Å². The molecule has 0 amide bonds. The second-order valence-corrected chi connectivity index (χ2v) is 13.4. The zero-order valence-electron chi connectivity index (χ0n) is 18.2. The van der Waals surface area contributed by atoms with E-state index in [9.17, 15) is 16.8 Å². The van der Waals surface area contributed by atoms with E-state index in [-0.39, 0.29) is 19.1 Å². The van der Waals surface area contributed by atoms with Crippen LogP contribution in [-0.2, 0) is 20.4 Å². The van der Waals surface area contributed by atoms with Crippen LogP contribution in [0.2, 0.25) is 0 Å². The molecule has 3 aliphatic rings. The number of nitrogens with one attached hydrogen (secondary N) is 1. The summed E-state index contributed by atoms with van der Waals surface area (Å²) >= 11 is 0. The third-order valence-electron chi connectivity index (χ3n) is 6.20. The molecule has 3 fully saturated rings. The molecule has 4 unspecified atom stereocenters. The lowest BCUT2D eigenvalue weighted by Gasteiger charge is -2.37. The summed E-state index contributed by atoms with van der Waals surface area (Å²) in [6.07, 6.45) is 3.78. The molecule has 8 nitrogen and oxygen atoms in total. The van der Waals surface area contributed by atoms with Crippen molar-refractivity contribution in [2.24, 2.45) is 23.7 Å². The molecule has 0 aromatic heterocycles. The Morgan fingerprint density at radius 1 is 0.793 bits per heavy atom. The summed E-state index contributed by atoms with van der Waals surface area (Å²) in [4.78, 5) is 0. The fourth-order valence-corrected chi connectivity index (χ4v) is 8.49. The van der Waals surface area contributed by atoms with Crippen molar-refractivity contribution in [3.63, 3.8) is 0 Å². The minimum absolute atomic E-state index is 0.00655. The monoisotopic (exact) mass is 450 g/mol. The van der Waals surface area contributed by atoms with Gasteiger partial charge in [0, 0.05) is 45.3 Å². The average Bonchev–Trinajstić information content (AvgIpc) is 3.41. The van der Waals surface area contributed by atoms with Crippen LogP contribution in [0.15, 0.2) is 0 Å². The SMILES string of the molecule is CC1CC(C)CN(S(=O)(=O)NCCN(C2CC2)S(=O)(=O)N2CC(C)CC(C)C2)C1. The average molecular weight is 451 g/mol. The first-order chi connectivity index (χ1) is 13.5. The topological polar surface area (TPSA) is 90.0 Å². The lowest BCUT2D eigenvalue weighted by molar-refractivity contribution is 0.207. The lowest BCUT2D eigenvalue weighted by Crippen LogP contribution is -2.53. The number of hydrogen-bond acceptors (Lipinski definition) is 4. The highest BCUT2D eigenvalue weighted by Gasteiger charge is 2.42. The molecule has 1 N–H and O–H groups in total. The summed E-state index contributed by atoms with van der Waals surface area (Å²) in [6.45, 7) is 10.8. The van der Waals surface area contributed by atoms with Crippen molar-refractivity contribution in [1.29, 1.82) is 0 Å². The third-order valence-corrected chi connectivity index (χ3v) is 9.78. The Kier molecular flexibility index (Phi) is 7.33. The second-order valence-electron chi connectivity index (χ2n) is 9.78. The van der Waals surface area contributed by atoms with Gasteiger partial charge in [0.25, 0.3) is 20.4 Å². The predicted octanol–water partition coefficient (Wildman–Crippen LogP) is 1.49. The van der Waals surface area contributed by atoms with E-state index in [1.54, 1.807) is 4.31 Å². The summed E-state index contributed by atoms with van der Waals surface area (Å²) in [5, 5.41) is 0. The molecule has 0 aromatic carbocycles. The Morgan fingerprint density at radius 2 is 1.24 bits per heavy atom. The first kappa shape index (κ1) is 23.4. The quantitative estimate of drug-likeness (QED) is 0.607. The van der Waals surface area contributed by atoms with E-state index < -0.39 is 20.4 Å². The third kappa shape index (κ3) is 5.92. The Balaban J connectivity index is 1.61. The molecule has 0 bridgehead atoms. The van der Waals surface area contributed by atoms with Crippen LogP contribution in [0.1, 0.15) is 53.4 Å². The van der Waals surface area contributed by atoms with Crippen LogP contribution in [-0.4, -0.2) is 75.1 Å². The molecule has 1 aliphatic carbocycles. The van der Waals surface area contributed by atoms with Crippen molar-refractivity contribution < 1.29 is 16.8 Å². The highest BCUT2D eigenvalue weighted by atomic mass is 32.2. The van der Waals surface area contributed by atoms with E-state index in [0.29, 0.717) is 49.9 Å². The van der Waals surface area contributed by atoms with E-state index in [1.807, 2.05) is 0 Å². The van der Waals surface area contributed by atoms with Gasteiger partial charge in [0.05, 0.1) is 0 Å². The Labute approximate surface area is 177 Å². The van der Waals surface area contributed by atoms with Gasteiger partial charge in [0.2, 0.25) is 0 Å². The van der Waals surface area contributed by atoms with Gasteiger partial charge < -0.3 is 0 Å². The summed E-state index contributed by atoms with van der Waals surface area (Å²) in [5.74, 6) is 1.36. The maximum atomic E-state index is 13.3. The number of hydrogen-bond donors (Lipinski definition) is 1. The smallest absolute Gasteiger partial charge is 0.201 e. The van der Waals surface area contributed by atoms with Crippen molar-refractivity contribution in [1.82, 2.24) is 17.6 Å². The molecule has 2 aliphatic heterocycles. The highest BCUT2D eigenvalue weighted by Crippen LogP contribution is 2.32. The number of rotatable bonds is 8. The van der Waals surface area contributed by atoms with Crippen LogP contribution < -0.4 is 4.72 Å². The van der Waals surface area contributed by atoms with Gasteiger partial charge in [0.15, 0.2) is 0 Å². The van der Waals surface area contributed by atoms with E-state index in [4.69, 9.17) is 0 Å². The highest BCUT2D eigenvalue weighted by molar-refractivity contribution is 7.87. The van der Waals surface area contributed by atoms with Gasteiger partial charge in [-0.25, -0.2) is 4.72 Å². The van der Waals surface area contributed by atoms with E-state index in [0.717, 1.165) is 25.7 Å². The molecule has 1 saturated carbocycles. The molecule has 3 rings (SSSR count). The van der Waals surface area contributed by atoms with Gasteiger partial charge in [-0.2, -0.15) is 29.8 Å². The van der Waals surface area contributed by atoms with Gasteiger partial charge in [0.1, 0.15) is 0 Å². The van der Waals surface area contributed by atoms with E-state index >= 15 is 0 Å². The normalized spacial score (nSPS) is 33.3. The lowest BCUT2D eigenvalue weighted by atomic mass is 9.94. The van der Waals surface area contributed by atoms with Gasteiger partial charge in [-0.15, -0.1) is 0 Å². The van der Waals surface area contributed by atoms with Crippen molar-refractivity contribution in [3.8, 4) is 0 Å². The van der Waals surface area contributed by atoms with Crippen LogP contribution in [0.5, 0.6) is 0 Å². The second kappa shape index (κ2) is 9.08. The van der Waals surface area contributed by atoms with Crippen molar-refractivity contribution in [3.05, 3.63) is 0 Å². The molecule has 29 heavy (non-hydrogen) atoms. The summed E-state index contributed by atoms with van der Waals surface area (Å²) < 4.78 is 59.3. The minimum atomic E-state index is -3.59. The largest absolute Gasteiger partial charge is 0.282 e. The summed E-state index contributed by atoms with van der Waals surface area (Å²) in [7, 11) is -7.16. The molecular formula is C19H38N4O4S2. The van der Waals surface area contributed by atoms with Crippen LogP contribution >= 0.6 is 0 Å². The Bertz CT molecular complexity index is 749. The van der Waals surface area contributed by atoms with Crippen LogP contribution in [0, 0.1) is 23.7 Å². The first-order valence-electron chi connectivity index (χ1n) is 11.0.